The number of fused-ring (bicyclic) bond motifs is 4. The first-order chi connectivity index (χ1) is 12.7. The van der Waals surface area contributed by atoms with Gasteiger partial charge in [0.15, 0.2) is 5.82 Å². The summed E-state index contributed by atoms with van der Waals surface area (Å²) < 4.78 is 14.2. The number of hydrogen-bond acceptors (Lipinski definition) is 5. The fraction of sp³-hybridized carbons (Fsp3) is 0.350. The van der Waals surface area contributed by atoms with Crippen LogP contribution in [-0.2, 0) is 0 Å². The van der Waals surface area contributed by atoms with Crippen molar-refractivity contribution in [3.8, 4) is 6.07 Å². The first kappa shape index (κ1) is 15.5. The maximum absolute atomic E-state index is 14.2. The first-order valence-electron chi connectivity index (χ1n) is 9.01. The highest BCUT2D eigenvalue weighted by molar-refractivity contribution is 6.08. The van der Waals surface area contributed by atoms with Gasteiger partial charge in [-0.3, -0.25) is 9.88 Å². The number of benzene rings is 1. The molecule has 130 valence electrons. The molecule has 0 spiro atoms. The highest BCUT2D eigenvalue weighted by Gasteiger charge is 2.32. The standard InChI is InChI=1S/C20H18FN5/c21-17-10-18-16(9-13(17)11-22)15-4-1-5-23-19(15)20(24-18)26-8-7-25-6-2-3-14(25)12-26/h1,4-5,9-10,14H,2-3,6-8,12H2. The normalized spacial score (nSPS) is 20.5. The van der Waals surface area contributed by atoms with Gasteiger partial charge in [-0.25, -0.2) is 9.37 Å². The molecule has 0 radical (unpaired) electrons. The van der Waals surface area contributed by atoms with E-state index in [2.05, 4.69) is 14.8 Å². The summed E-state index contributed by atoms with van der Waals surface area (Å²) in [5.74, 6) is 0.297. The largest absolute Gasteiger partial charge is 0.352 e. The van der Waals surface area contributed by atoms with E-state index in [0.29, 0.717) is 11.6 Å². The number of nitrogens with zero attached hydrogens (tertiary/aromatic N) is 5. The zero-order valence-corrected chi connectivity index (χ0v) is 14.3. The number of nitriles is 1. The average molecular weight is 347 g/mol. The highest BCUT2D eigenvalue weighted by Crippen LogP contribution is 2.33. The Morgan fingerprint density at radius 3 is 3.00 bits per heavy atom. The molecule has 1 atom stereocenters. The van der Waals surface area contributed by atoms with Crippen molar-refractivity contribution in [3.05, 3.63) is 41.8 Å². The quantitative estimate of drug-likeness (QED) is 0.633. The number of hydrogen-bond donors (Lipinski definition) is 0. The van der Waals surface area contributed by atoms with Gasteiger partial charge in [-0.15, -0.1) is 0 Å². The fourth-order valence-electron chi connectivity index (χ4n) is 4.33. The molecule has 26 heavy (non-hydrogen) atoms. The van der Waals surface area contributed by atoms with E-state index in [1.54, 1.807) is 12.3 Å². The van der Waals surface area contributed by atoms with Crippen LogP contribution in [0.2, 0.25) is 0 Å². The van der Waals surface area contributed by atoms with E-state index < -0.39 is 5.82 Å². The van der Waals surface area contributed by atoms with Gasteiger partial charge < -0.3 is 4.90 Å². The van der Waals surface area contributed by atoms with Crippen molar-refractivity contribution < 1.29 is 4.39 Å². The molecule has 0 aliphatic carbocycles. The lowest BCUT2D eigenvalue weighted by atomic mass is 10.1. The number of rotatable bonds is 1. The highest BCUT2D eigenvalue weighted by atomic mass is 19.1. The van der Waals surface area contributed by atoms with Crippen molar-refractivity contribution >= 4 is 27.6 Å². The van der Waals surface area contributed by atoms with E-state index in [-0.39, 0.29) is 5.56 Å². The Labute approximate surface area is 150 Å². The third kappa shape index (κ3) is 2.31. The Morgan fingerprint density at radius 2 is 2.12 bits per heavy atom. The molecule has 1 aromatic carbocycles. The maximum atomic E-state index is 14.2. The summed E-state index contributed by atoms with van der Waals surface area (Å²) in [5.41, 5.74) is 1.43. The summed E-state index contributed by atoms with van der Waals surface area (Å²) in [6, 6.07) is 9.28. The van der Waals surface area contributed by atoms with Crippen LogP contribution in [0.3, 0.4) is 0 Å². The number of anilines is 1. The third-order valence-corrected chi connectivity index (χ3v) is 5.63. The average Bonchev–Trinajstić information content (AvgIpc) is 3.14. The summed E-state index contributed by atoms with van der Waals surface area (Å²) in [6.07, 6.45) is 4.24. The van der Waals surface area contributed by atoms with Crippen LogP contribution in [0.5, 0.6) is 0 Å². The predicted octanol–water partition coefficient (Wildman–Crippen LogP) is 3.08. The molecule has 2 saturated heterocycles. The maximum Gasteiger partial charge on any atom is 0.155 e. The molecule has 3 aromatic rings. The van der Waals surface area contributed by atoms with Crippen molar-refractivity contribution in [3.63, 3.8) is 0 Å². The van der Waals surface area contributed by atoms with E-state index >= 15 is 0 Å². The van der Waals surface area contributed by atoms with Gasteiger partial charge >= 0.3 is 0 Å². The molecule has 0 saturated carbocycles. The van der Waals surface area contributed by atoms with Crippen LogP contribution in [0.1, 0.15) is 18.4 Å². The molecular weight excluding hydrogens is 329 g/mol. The van der Waals surface area contributed by atoms with Gasteiger partial charge in [0.2, 0.25) is 0 Å². The molecule has 0 N–H and O–H groups in total. The van der Waals surface area contributed by atoms with Crippen LogP contribution in [0.25, 0.3) is 21.8 Å². The topological polar surface area (TPSA) is 56.1 Å². The molecular formula is C20H18FN5. The summed E-state index contributed by atoms with van der Waals surface area (Å²) in [7, 11) is 0. The van der Waals surface area contributed by atoms with Crippen LogP contribution in [0.4, 0.5) is 10.2 Å². The molecule has 0 bridgehead atoms. The molecule has 2 aliphatic rings. The van der Waals surface area contributed by atoms with Crippen LogP contribution in [0.15, 0.2) is 30.5 Å². The van der Waals surface area contributed by atoms with Crippen LogP contribution < -0.4 is 4.90 Å². The number of pyridine rings is 2. The SMILES string of the molecule is N#Cc1cc2c(cc1F)nc(N1CCN3CCCC3C1)c1ncccc12. The van der Waals surface area contributed by atoms with Gasteiger partial charge in [0.1, 0.15) is 17.4 Å². The summed E-state index contributed by atoms with van der Waals surface area (Å²) in [4.78, 5) is 14.2. The van der Waals surface area contributed by atoms with Gasteiger partial charge in [-0.1, -0.05) is 6.07 Å². The summed E-state index contributed by atoms with van der Waals surface area (Å²) in [5, 5.41) is 10.8. The molecule has 0 amide bonds. The monoisotopic (exact) mass is 347 g/mol. The van der Waals surface area contributed by atoms with Gasteiger partial charge in [0, 0.05) is 48.7 Å². The molecule has 1 unspecified atom stereocenters. The van der Waals surface area contributed by atoms with Gasteiger partial charge in [0.05, 0.1) is 11.1 Å². The lowest BCUT2D eigenvalue weighted by Gasteiger charge is -2.38. The Bertz CT molecular complexity index is 1060. The second-order valence-corrected chi connectivity index (χ2v) is 7.07. The Morgan fingerprint density at radius 1 is 1.19 bits per heavy atom. The fourth-order valence-corrected chi connectivity index (χ4v) is 4.33. The summed E-state index contributed by atoms with van der Waals surface area (Å²) in [6.45, 7) is 4.05. The van der Waals surface area contributed by atoms with Crippen LogP contribution in [0, 0.1) is 17.1 Å². The van der Waals surface area contributed by atoms with Crippen molar-refractivity contribution in [2.75, 3.05) is 31.1 Å². The number of aromatic nitrogens is 2. The molecule has 2 aliphatic heterocycles. The van der Waals surface area contributed by atoms with Crippen LogP contribution >= 0.6 is 0 Å². The second-order valence-electron chi connectivity index (χ2n) is 7.07. The molecule has 2 fully saturated rings. The van der Waals surface area contributed by atoms with Crippen molar-refractivity contribution in [2.24, 2.45) is 0 Å². The van der Waals surface area contributed by atoms with Crippen molar-refractivity contribution in [1.82, 2.24) is 14.9 Å². The van der Waals surface area contributed by atoms with E-state index in [1.165, 1.54) is 25.5 Å². The zero-order chi connectivity index (χ0) is 17.7. The van der Waals surface area contributed by atoms with Gasteiger partial charge in [-0.2, -0.15) is 5.26 Å². The van der Waals surface area contributed by atoms with E-state index in [9.17, 15) is 4.39 Å². The molecule has 4 heterocycles. The molecule has 5 nitrogen and oxygen atoms in total. The van der Waals surface area contributed by atoms with Crippen molar-refractivity contribution in [2.45, 2.75) is 18.9 Å². The molecule has 6 heteroatoms. The van der Waals surface area contributed by atoms with Gasteiger partial charge in [0.25, 0.3) is 0 Å². The van der Waals surface area contributed by atoms with E-state index in [0.717, 1.165) is 41.7 Å². The smallest absolute Gasteiger partial charge is 0.155 e. The van der Waals surface area contributed by atoms with Crippen LogP contribution in [-0.4, -0.2) is 47.1 Å². The van der Waals surface area contributed by atoms with E-state index in [4.69, 9.17) is 10.2 Å². The second kappa shape index (κ2) is 5.89. The van der Waals surface area contributed by atoms with Crippen molar-refractivity contribution in [1.29, 1.82) is 5.26 Å². The Hall–Kier alpha value is -2.78. The lowest BCUT2D eigenvalue weighted by Crippen LogP contribution is -2.50. The lowest BCUT2D eigenvalue weighted by molar-refractivity contribution is 0.230. The Balaban J connectivity index is 1.70. The first-order valence-corrected chi connectivity index (χ1v) is 9.01. The molecule has 2 aromatic heterocycles. The predicted molar refractivity (Wildman–Crippen MR) is 98.5 cm³/mol. The number of halogens is 1. The minimum Gasteiger partial charge on any atom is -0.352 e. The third-order valence-electron chi connectivity index (χ3n) is 5.63. The molecule has 5 rings (SSSR count). The van der Waals surface area contributed by atoms with Gasteiger partial charge in [-0.05, 0) is 31.5 Å². The van der Waals surface area contributed by atoms with E-state index in [1.807, 2.05) is 18.2 Å². The minimum atomic E-state index is -0.526. The zero-order valence-electron chi connectivity index (χ0n) is 14.3. The number of piperazine rings is 1. The Kier molecular flexibility index (Phi) is 3.50. The summed E-state index contributed by atoms with van der Waals surface area (Å²) >= 11 is 0. The minimum absolute atomic E-state index is 0.0387.